The monoisotopic (exact) mass is 357 g/mol. The molecule has 1 N–H and O–H groups in total. The van der Waals surface area contributed by atoms with Gasteiger partial charge in [-0.25, -0.2) is 4.39 Å². The van der Waals surface area contributed by atoms with Crippen LogP contribution in [0.3, 0.4) is 0 Å². The van der Waals surface area contributed by atoms with Crippen LogP contribution in [0.15, 0.2) is 53.1 Å². The third-order valence-electron chi connectivity index (χ3n) is 4.48. The van der Waals surface area contributed by atoms with E-state index in [1.165, 1.54) is 12.1 Å². The van der Waals surface area contributed by atoms with Crippen LogP contribution in [0.25, 0.3) is 22.1 Å². The summed E-state index contributed by atoms with van der Waals surface area (Å²) < 4.78 is 24.6. The summed E-state index contributed by atoms with van der Waals surface area (Å²) in [7, 11) is 0. The van der Waals surface area contributed by atoms with E-state index in [9.17, 15) is 9.50 Å². The Morgan fingerprint density at radius 3 is 2.54 bits per heavy atom. The minimum absolute atomic E-state index is 0.249. The summed E-state index contributed by atoms with van der Waals surface area (Å²) >= 11 is 0. The van der Waals surface area contributed by atoms with Crippen LogP contribution in [0.5, 0.6) is 5.75 Å². The highest BCUT2D eigenvalue weighted by Gasteiger charge is 2.11. The molecular weight excluding hydrogens is 333 g/mol. The first-order chi connectivity index (χ1) is 12.6. The van der Waals surface area contributed by atoms with Crippen molar-refractivity contribution < 1.29 is 18.7 Å². The molecule has 3 aromatic rings. The van der Waals surface area contributed by atoms with Gasteiger partial charge in [-0.05, 0) is 55.6 Å². The van der Waals surface area contributed by atoms with Crippen molar-refractivity contribution >= 4 is 10.8 Å². The molecule has 4 nitrogen and oxygen atoms in total. The molecule has 26 heavy (non-hydrogen) atoms. The maximum atomic E-state index is 13.3. The highest BCUT2D eigenvalue weighted by molar-refractivity contribution is 5.94. The van der Waals surface area contributed by atoms with E-state index in [0.717, 1.165) is 29.4 Å². The van der Waals surface area contributed by atoms with Crippen LogP contribution in [0.4, 0.5) is 4.39 Å². The van der Waals surface area contributed by atoms with Crippen LogP contribution >= 0.6 is 0 Å². The number of furan rings is 1. The third kappa shape index (κ3) is 4.23. The molecule has 5 heteroatoms. The Kier molecular flexibility index (Phi) is 5.91. The van der Waals surface area contributed by atoms with Crippen LogP contribution < -0.4 is 4.74 Å². The van der Waals surface area contributed by atoms with Gasteiger partial charge in [0, 0.05) is 22.9 Å². The van der Waals surface area contributed by atoms with Gasteiger partial charge in [0.15, 0.2) is 0 Å². The van der Waals surface area contributed by atoms with E-state index in [4.69, 9.17) is 9.15 Å². The Balaban J connectivity index is 1.65. The van der Waals surface area contributed by atoms with Crippen molar-refractivity contribution in [3.8, 4) is 17.1 Å². The second kappa shape index (κ2) is 8.34. The highest BCUT2D eigenvalue weighted by atomic mass is 19.1. The lowest BCUT2D eigenvalue weighted by Crippen LogP contribution is -2.35. The number of rotatable bonds is 8. The minimum Gasteiger partial charge on any atom is -0.491 e. The van der Waals surface area contributed by atoms with Crippen LogP contribution in [0, 0.1) is 5.82 Å². The van der Waals surface area contributed by atoms with Gasteiger partial charge in [-0.2, -0.15) is 0 Å². The summed E-state index contributed by atoms with van der Waals surface area (Å²) in [4.78, 5) is 2.15. The zero-order valence-electron chi connectivity index (χ0n) is 15.1. The van der Waals surface area contributed by atoms with Gasteiger partial charge in [-0.15, -0.1) is 0 Å². The van der Waals surface area contributed by atoms with Crippen molar-refractivity contribution in [2.24, 2.45) is 0 Å². The second-order valence-corrected chi connectivity index (χ2v) is 6.27. The average Bonchev–Trinajstić information content (AvgIpc) is 3.07. The molecule has 2 aromatic carbocycles. The number of hydrogen-bond donors (Lipinski definition) is 1. The van der Waals surface area contributed by atoms with E-state index in [0.29, 0.717) is 18.1 Å². The topological polar surface area (TPSA) is 45.8 Å². The molecule has 1 aromatic heterocycles. The quantitative estimate of drug-likeness (QED) is 0.652. The fourth-order valence-electron chi connectivity index (χ4n) is 2.97. The Morgan fingerprint density at radius 1 is 1.12 bits per heavy atom. The van der Waals surface area contributed by atoms with Crippen LogP contribution in [0.1, 0.15) is 13.8 Å². The van der Waals surface area contributed by atoms with Gasteiger partial charge in [0.25, 0.3) is 0 Å². The first kappa shape index (κ1) is 18.4. The third-order valence-corrected chi connectivity index (χ3v) is 4.48. The van der Waals surface area contributed by atoms with Gasteiger partial charge in [0.2, 0.25) is 0 Å². The highest BCUT2D eigenvalue weighted by Crippen LogP contribution is 2.31. The van der Waals surface area contributed by atoms with Gasteiger partial charge < -0.3 is 19.2 Å². The van der Waals surface area contributed by atoms with E-state index in [1.807, 2.05) is 24.3 Å². The predicted molar refractivity (Wildman–Crippen MR) is 101 cm³/mol. The molecule has 1 atom stereocenters. The van der Waals surface area contributed by atoms with Crippen molar-refractivity contribution in [1.82, 2.24) is 4.90 Å². The van der Waals surface area contributed by atoms with Gasteiger partial charge in [0.1, 0.15) is 30.0 Å². The zero-order valence-corrected chi connectivity index (χ0v) is 15.1. The van der Waals surface area contributed by atoms with E-state index in [1.54, 1.807) is 12.3 Å². The van der Waals surface area contributed by atoms with E-state index >= 15 is 0 Å². The molecule has 0 radical (unpaired) electrons. The zero-order chi connectivity index (χ0) is 18.5. The largest absolute Gasteiger partial charge is 0.491 e. The number of fused-ring (bicyclic) bond motifs is 1. The number of aliphatic hydroxyl groups is 1. The number of likely N-dealkylation sites (N-methyl/N-ethyl adjacent to an activating group) is 1. The van der Waals surface area contributed by atoms with Gasteiger partial charge in [0.05, 0.1) is 6.26 Å². The number of nitrogens with zero attached hydrogens (tertiary/aromatic N) is 1. The molecule has 0 aliphatic rings. The number of aliphatic hydroxyl groups excluding tert-OH is 1. The molecule has 0 bridgehead atoms. The summed E-state index contributed by atoms with van der Waals surface area (Å²) in [6.45, 7) is 6.80. The maximum absolute atomic E-state index is 13.3. The number of benzene rings is 2. The predicted octanol–water partition coefficient (Wildman–Crippen LogP) is 4.32. The van der Waals surface area contributed by atoms with E-state index in [-0.39, 0.29) is 12.4 Å². The average molecular weight is 357 g/mol. The molecular formula is C21H24FNO3. The van der Waals surface area contributed by atoms with Crippen LogP contribution in [-0.2, 0) is 0 Å². The van der Waals surface area contributed by atoms with Crippen LogP contribution in [-0.4, -0.2) is 42.4 Å². The molecule has 0 spiro atoms. The number of hydrogen-bond acceptors (Lipinski definition) is 4. The van der Waals surface area contributed by atoms with Crippen molar-refractivity contribution in [3.05, 3.63) is 54.5 Å². The van der Waals surface area contributed by atoms with Gasteiger partial charge >= 0.3 is 0 Å². The summed E-state index contributed by atoms with van der Waals surface area (Å²) in [5, 5.41) is 11.7. The molecule has 3 rings (SSSR count). The first-order valence-corrected chi connectivity index (χ1v) is 8.91. The lowest BCUT2D eigenvalue weighted by molar-refractivity contribution is 0.0716. The summed E-state index contributed by atoms with van der Waals surface area (Å²) in [5.74, 6) is 1.11. The van der Waals surface area contributed by atoms with E-state index in [2.05, 4.69) is 18.7 Å². The molecule has 1 heterocycles. The Bertz CT molecular complexity index is 840. The van der Waals surface area contributed by atoms with Gasteiger partial charge in [-0.3, -0.25) is 0 Å². The molecule has 138 valence electrons. The summed E-state index contributed by atoms with van der Waals surface area (Å²) in [5.41, 5.74) is 0.891. The maximum Gasteiger partial charge on any atom is 0.141 e. The fourth-order valence-corrected chi connectivity index (χ4v) is 2.97. The fraction of sp³-hybridized carbons (Fsp3) is 0.333. The van der Waals surface area contributed by atoms with Crippen molar-refractivity contribution in [1.29, 1.82) is 0 Å². The Morgan fingerprint density at radius 2 is 1.85 bits per heavy atom. The van der Waals surface area contributed by atoms with E-state index < -0.39 is 6.10 Å². The standard InChI is InChI=1S/C21H24FNO3/c1-3-23(4-2)12-18(24)14-25-19-8-5-15(6-9-19)21-20-10-7-17(22)11-16(20)13-26-21/h5-11,13,18,24H,3-4,12,14H2,1-2H3/t18-/m1/s1. The summed E-state index contributed by atoms with van der Waals surface area (Å²) in [6, 6.07) is 12.1. The smallest absolute Gasteiger partial charge is 0.141 e. The van der Waals surface area contributed by atoms with Crippen molar-refractivity contribution in [2.45, 2.75) is 20.0 Å². The van der Waals surface area contributed by atoms with Crippen molar-refractivity contribution in [2.75, 3.05) is 26.2 Å². The second-order valence-electron chi connectivity index (χ2n) is 6.27. The Labute approximate surface area is 152 Å². The molecule has 0 amide bonds. The number of ether oxygens (including phenoxy) is 1. The minimum atomic E-state index is -0.529. The molecule has 0 aliphatic heterocycles. The molecule has 0 aliphatic carbocycles. The lowest BCUT2D eigenvalue weighted by Gasteiger charge is -2.21. The van der Waals surface area contributed by atoms with Crippen LogP contribution in [0.2, 0.25) is 0 Å². The lowest BCUT2D eigenvalue weighted by atomic mass is 10.1. The molecule has 0 fully saturated rings. The summed E-state index contributed by atoms with van der Waals surface area (Å²) in [6.07, 6.45) is 1.03. The number of halogens is 1. The Hall–Kier alpha value is -2.37. The molecule has 0 saturated heterocycles. The normalized spacial score (nSPS) is 12.7. The first-order valence-electron chi connectivity index (χ1n) is 8.91. The van der Waals surface area contributed by atoms with Gasteiger partial charge in [-0.1, -0.05) is 13.8 Å². The molecule has 0 saturated carbocycles. The van der Waals surface area contributed by atoms with Crippen molar-refractivity contribution in [3.63, 3.8) is 0 Å². The molecule has 0 unspecified atom stereocenters. The SMILES string of the molecule is CCN(CC)C[C@@H](O)COc1ccc(-c2occ3cc(F)ccc23)cc1.